The van der Waals surface area contributed by atoms with Crippen LogP contribution in [0.25, 0.3) is 0 Å². The molecule has 1 aromatic carbocycles. The molecule has 2 N–H and O–H groups in total. The summed E-state index contributed by atoms with van der Waals surface area (Å²) in [5.74, 6) is -1.63. The van der Waals surface area contributed by atoms with Crippen LogP contribution >= 0.6 is 0 Å². The van der Waals surface area contributed by atoms with Gasteiger partial charge in [0.2, 0.25) is 0 Å². The quantitative estimate of drug-likeness (QED) is 0.168. The highest BCUT2D eigenvalue weighted by Gasteiger charge is 2.37. The minimum absolute atomic E-state index is 0.0166. The molecule has 1 aromatic rings. The molecule has 288 valence electrons. The summed E-state index contributed by atoms with van der Waals surface area (Å²) in [4.78, 5) is 26.1. The van der Waals surface area contributed by atoms with E-state index in [0.717, 1.165) is 18.4 Å². The maximum absolute atomic E-state index is 13.1. The Kier molecular flexibility index (Phi) is 16.9. The first-order valence-electron chi connectivity index (χ1n) is 18.8. The highest BCUT2D eigenvalue weighted by molar-refractivity contribution is 5.82. The smallest absolute Gasteiger partial charge is 0.508 e. The molecule has 2 heterocycles. The van der Waals surface area contributed by atoms with Crippen LogP contribution in [0.4, 0.5) is 4.79 Å². The van der Waals surface area contributed by atoms with E-state index in [4.69, 9.17) is 23.7 Å². The van der Waals surface area contributed by atoms with Gasteiger partial charge in [0.1, 0.15) is 24.6 Å². The van der Waals surface area contributed by atoms with Crippen molar-refractivity contribution < 1.29 is 43.5 Å². The van der Waals surface area contributed by atoms with Gasteiger partial charge in [0.25, 0.3) is 0 Å². The third kappa shape index (κ3) is 14.1. The van der Waals surface area contributed by atoms with E-state index in [-0.39, 0.29) is 60.1 Å². The van der Waals surface area contributed by atoms with Crippen molar-refractivity contribution in [3.8, 4) is 5.75 Å². The van der Waals surface area contributed by atoms with Gasteiger partial charge in [-0.25, -0.2) is 9.59 Å². The first kappa shape index (κ1) is 42.8. The van der Waals surface area contributed by atoms with Crippen LogP contribution < -0.4 is 0 Å². The summed E-state index contributed by atoms with van der Waals surface area (Å²) in [5.41, 5.74) is 0.733. The maximum atomic E-state index is 13.1. The second kappa shape index (κ2) is 20.5. The lowest BCUT2D eigenvalue weighted by Crippen LogP contribution is -2.46. The van der Waals surface area contributed by atoms with Crippen LogP contribution in [0.3, 0.4) is 0 Å². The van der Waals surface area contributed by atoms with Gasteiger partial charge in [0.15, 0.2) is 5.79 Å². The summed E-state index contributed by atoms with van der Waals surface area (Å²) < 4.78 is 30.1. The Balaban J connectivity index is 1.89. The number of hydrogen-bond acceptors (Lipinski definition) is 9. The lowest BCUT2D eigenvalue weighted by Gasteiger charge is -2.41. The van der Waals surface area contributed by atoms with Crippen LogP contribution in [0.5, 0.6) is 5.75 Å². The summed E-state index contributed by atoms with van der Waals surface area (Å²) in [6.45, 7) is 19.8. The molecular weight excluding hydrogens is 660 g/mol. The summed E-state index contributed by atoms with van der Waals surface area (Å²) >= 11 is 0. The Hall–Kier alpha value is -3.66. The number of phenols is 1. The number of ether oxygens (including phenoxy) is 5. The zero-order valence-electron chi connectivity index (χ0n) is 32.4. The summed E-state index contributed by atoms with van der Waals surface area (Å²) in [7, 11) is 0. The first-order valence-corrected chi connectivity index (χ1v) is 18.8. The Morgan fingerprint density at radius 3 is 2.40 bits per heavy atom. The summed E-state index contributed by atoms with van der Waals surface area (Å²) in [6, 6.07) is 6.47. The molecule has 0 spiro atoms. The molecule has 3 rings (SSSR count). The van der Waals surface area contributed by atoms with E-state index < -0.39 is 36.2 Å². The van der Waals surface area contributed by atoms with Crippen molar-refractivity contribution in [1.82, 2.24) is 0 Å². The van der Waals surface area contributed by atoms with Crippen LogP contribution in [0.2, 0.25) is 0 Å². The van der Waals surface area contributed by atoms with Crippen molar-refractivity contribution in [2.45, 2.75) is 124 Å². The number of phenolic OH excluding ortho intramolecular Hbond substituents is 1. The van der Waals surface area contributed by atoms with Gasteiger partial charge in [0, 0.05) is 36.2 Å². The minimum atomic E-state index is -0.819. The highest BCUT2D eigenvalue weighted by atomic mass is 16.7. The number of esters is 1. The first-order chi connectivity index (χ1) is 24.6. The Morgan fingerprint density at radius 1 is 1.00 bits per heavy atom. The molecule has 1 saturated heterocycles. The molecule has 52 heavy (non-hydrogen) atoms. The Labute approximate surface area is 311 Å². The van der Waals surface area contributed by atoms with Gasteiger partial charge in [-0.3, -0.25) is 0 Å². The van der Waals surface area contributed by atoms with Crippen molar-refractivity contribution in [2.75, 3.05) is 0 Å². The van der Waals surface area contributed by atoms with Crippen LogP contribution in [-0.4, -0.2) is 58.6 Å². The maximum Gasteiger partial charge on any atom is 0.508 e. The second-order valence-corrected chi connectivity index (χ2v) is 15.3. The molecule has 0 saturated carbocycles. The molecule has 11 atom stereocenters. The lowest BCUT2D eigenvalue weighted by molar-refractivity contribution is -0.295. The van der Waals surface area contributed by atoms with Crippen molar-refractivity contribution in [2.24, 2.45) is 35.5 Å². The van der Waals surface area contributed by atoms with Gasteiger partial charge in [0.05, 0.1) is 18.3 Å². The number of carbonyl (C=O) groups is 2. The van der Waals surface area contributed by atoms with E-state index in [1.807, 2.05) is 65.0 Å². The average molecular weight is 723 g/mol. The molecule has 2 bridgehead atoms. The molecule has 2 aliphatic heterocycles. The minimum Gasteiger partial charge on any atom is -0.508 e. The molecule has 0 aliphatic carbocycles. The number of aromatic hydroxyl groups is 1. The fourth-order valence-corrected chi connectivity index (χ4v) is 7.10. The van der Waals surface area contributed by atoms with E-state index in [9.17, 15) is 19.8 Å². The van der Waals surface area contributed by atoms with Crippen LogP contribution in [0.1, 0.15) is 86.6 Å². The molecular formula is C43H62O9. The molecule has 0 aromatic heterocycles. The van der Waals surface area contributed by atoms with Crippen LogP contribution in [0.15, 0.2) is 85.5 Å². The Bertz CT molecular complexity index is 1390. The molecule has 0 amide bonds. The van der Waals surface area contributed by atoms with E-state index in [2.05, 4.69) is 33.4 Å². The standard InChI is InChI=1S/C43H62O9/c1-10-11-14-30(4)41-33(7)37(45)24-17-28(2)25-32(6)40(50-42(47)48-27-34-19-21-35(44)22-20-34)31(5)18-23-36-26-38(52-43(8,9)51-36)29(3)15-12-13-16-39(46)49-41/h10-16,18-23,28-33,36-38,40-41,44-45H,1,17,24-27H2,2-9H3/b14-11-,15-12+,16-13-,23-18-/t28-,29+,30-,31-,32-,33-,36+,37+,38-,40-,41-/m0/s1. The van der Waals surface area contributed by atoms with Crippen molar-refractivity contribution in [3.63, 3.8) is 0 Å². The topological polar surface area (TPSA) is 121 Å². The fraction of sp³-hybridized carbons (Fsp3) is 0.581. The van der Waals surface area contributed by atoms with Crippen molar-refractivity contribution in [1.29, 1.82) is 0 Å². The SMILES string of the molecule is C=C/C=C\[C@H](C)[C@@H]1OC(=O)/C=C\C=C\[C@@H](C)[C@@H]2C[C@@H](/C=C\[C@H](C)[C@H](OC(=O)OCc3ccc(O)cc3)[C@@H](C)C[C@@H](C)CC[C@@H](O)[C@@H]1C)OC(C)(C)O2. The zero-order valence-corrected chi connectivity index (χ0v) is 32.4. The van der Waals surface area contributed by atoms with Crippen LogP contribution in [0, 0.1) is 35.5 Å². The van der Waals surface area contributed by atoms with Gasteiger partial charge >= 0.3 is 12.1 Å². The molecule has 2 aliphatic rings. The molecule has 1 fully saturated rings. The fourth-order valence-electron chi connectivity index (χ4n) is 7.10. The Morgan fingerprint density at radius 2 is 1.71 bits per heavy atom. The lowest BCUT2D eigenvalue weighted by atomic mass is 9.82. The molecule has 9 nitrogen and oxygen atoms in total. The van der Waals surface area contributed by atoms with E-state index in [1.54, 1.807) is 36.4 Å². The number of rotatable bonds is 6. The normalized spacial score (nSPS) is 34.8. The largest absolute Gasteiger partial charge is 0.508 e. The van der Waals surface area contributed by atoms with E-state index in [0.29, 0.717) is 12.8 Å². The molecule has 0 unspecified atom stereocenters. The molecule has 9 heteroatoms. The average Bonchev–Trinajstić information content (AvgIpc) is 3.09. The number of cyclic esters (lactones) is 1. The monoisotopic (exact) mass is 722 g/mol. The van der Waals surface area contributed by atoms with Crippen molar-refractivity contribution >= 4 is 12.1 Å². The number of aliphatic hydroxyl groups is 1. The number of hydrogen-bond donors (Lipinski definition) is 2. The van der Waals surface area contributed by atoms with Crippen LogP contribution in [-0.2, 0) is 35.1 Å². The predicted molar refractivity (Wildman–Crippen MR) is 203 cm³/mol. The molecule has 0 radical (unpaired) electrons. The summed E-state index contributed by atoms with van der Waals surface area (Å²) in [5, 5.41) is 20.9. The van der Waals surface area contributed by atoms with E-state index in [1.165, 1.54) is 6.08 Å². The third-order valence-corrected chi connectivity index (χ3v) is 10.1. The summed E-state index contributed by atoms with van der Waals surface area (Å²) in [6.07, 6.45) is 16.2. The van der Waals surface area contributed by atoms with Gasteiger partial charge in [-0.2, -0.15) is 0 Å². The van der Waals surface area contributed by atoms with Gasteiger partial charge in [-0.15, -0.1) is 0 Å². The zero-order chi connectivity index (χ0) is 38.4. The number of aliphatic hydroxyl groups excluding tert-OH is 1. The highest BCUT2D eigenvalue weighted by Crippen LogP contribution is 2.33. The van der Waals surface area contributed by atoms with Crippen molar-refractivity contribution in [3.05, 3.63) is 91.1 Å². The number of carbonyl (C=O) groups excluding carboxylic acids is 2. The second-order valence-electron chi connectivity index (χ2n) is 15.3. The third-order valence-electron chi connectivity index (χ3n) is 10.1. The predicted octanol–water partition coefficient (Wildman–Crippen LogP) is 9.01. The van der Waals surface area contributed by atoms with Gasteiger partial charge in [-0.1, -0.05) is 109 Å². The van der Waals surface area contributed by atoms with Gasteiger partial charge < -0.3 is 33.9 Å². The number of benzene rings is 1. The van der Waals surface area contributed by atoms with Gasteiger partial charge in [-0.05, 0) is 62.6 Å². The van der Waals surface area contributed by atoms with E-state index >= 15 is 0 Å². The number of fused-ring (bicyclic) bond motifs is 2. The number of allylic oxidation sites excluding steroid dienone is 4.